The van der Waals surface area contributed by atoms with E-state index in [9.17, 15) is 4.79 Å². The summed E-state index contributed by atoms with van der Waals surface area (Å²) in [5, 5.41) is 3.84. The first-order valence-electron chi connectivity index (χ1n) is 6.08. The fraction of sp³-hybridized carbons (Fsp3) is 0.286. The van der Waals surface area contributed by atoms with Crippen LogP contribution in [0.4, 0.5) is 0 Å². The number of amides is 1. The second-order valence-electron chi connectivity index (χ2n) is 4.24. The summed E-state index contributed by atoms with van der Waals surface area (Å²) < 4.78 is 0.809. The SMILES string of the molecule is CCc1cnc(CNC(=O)c2cc(C)ccc2Br)s1. The van der Waals surface area contributed by atoms with Crippen LogP contribution < -0.4 is 5.32 Å². The van der Waals surface area contributed by atoms with Crippen molar-refractivity contribution in [1.29, 1.82) is 0 Å². The number of thiazole rings is 1. The molecule has 2 aromatic rings. The summed E-state index contributed by atoms with van der Waals surface area (Å²) in [6.07, 6.45) is 2.85. The fourth-order valence-electron chi connectivity index (χ4n) is 1.66. The Morgan fingerprint density at radius 1 is 1.47 bits per heavy atom. The van der Waals surface area contributed by atoms with E-state index in [2.05, 4.69) is 33.2 Å². The summed E-state index contributed by atoms with van der Waals surface area (Å²) in [4.78, 5) is 17.6. The summed E-state index contributed by atoms with van der Waals surface area (Å²) >= 11 is 5.04. The third kappa shape index (κ3) is 3.64. The van der Waals surface area contributed by atoms with Gasteiger partial charge in [0.1, 0.15) is 5.01 Å². The Morgan fingerprint density at radius 2 is 2.26 bits per heavy atom. The van der Waals surface area contributed by atoms with Gasteiger partial charge in [-0.25, -0.2) is 4.98 Å². The lowest BCUT2D eigenvalue weighted by atomic mass is 10.1. The van der Waals surface area contributed by atoms with Crippen molar-refractivity contribution in [1.82, 2.24) is 10.3 Å². The van der Waals surface area contributed by atoms with Crippen LogP contribution in [0.1, 0.15) is 32.7 Å². The van der Waals surface area contributed by atoms with E-state index >= 15 is 0 Å². The minimum atomic E-state index is -0.0798. The highest BCUT2D eigenvalue weighted by Crippen LogP contribution is 2.18. The van der Waals surface area contributed by atoms with Crippen LogP contribution in [0, 0.1) is 6.92 Å². The average molecular weight is 339 g/mol. The molecule has 0 spiro atoms. The molecule has 0 atom stereocenters. The predicted molar refractivity (Wildman–Crippen MR) is 81.5 cm³/mol. The third-order valence-electron chi connectivity index (χ3n) is 2.72. The summed E-state index contributed by atoms with van der Waals surface area (Å²) in [7, 11) is 0. The number of aryl methyl sites for hydroxylation is 2. The van der Waals surface area contributed by atoms with E-state index < -0.39 is 0 Å². The molecule has 3 nitrogen and oxygen atoms in total. The zero-order valence-electron chi connectivity index (χ0n) is 10.9. The number of nitrogens with one attached hydrogen (secondary N) is 1. The Balaban J connectivity index is 2.03. The molecule has 19 heavy (non-hydrogen) atoms. The summed E-state index contributed by atoms with van der Waals surface area (Å²) in [6, 6.07) is 5.73. The second-order valence-corrected chi connectivity index (χ2v) is 6.29. The Hall–Kier alpha value is -1.20. The molecule has 0 bridgehead atoms. The molecule has 1 aromatic carbocycles. The van der Waals surface area contributed by atoms with Gasteiger partial charge in [0.25, 0.3) is 5.91 Å². The quantitative estimate of drug-likeness (QED) is 0.923. The average Bonchev–Trinajstić information content (AvgIpc) is 2.87. The first-order chi connectivity index (χ1) is 9.10. The van der Waals surface area contributed by atoms with Gasteiger partial charge >= 0.3 is 0 Å². The van der Waals surface area contributed by atoms with Crippen LogP contribution in [0.3, 0.4) is 0 Å². The first-order valence-corrected chi connectivity index (χ1v) is 7.69. The van der Waals surface area contributed by atoms with Crippen LogP contribution in [0.5, 0.6) is 0 Å². The fourth-order valence-corrected chi connectivity index (χ4v) is 2.89. The summed E-state index contributed by atoms with van der Waals surface area (Å²) in [6.45, 7) is 4.54. The Kier molecular flexibility index (Phi) is 4.71. The molecule has 0 radical (unpaired) electrons. The number of hydrogen-bond acceptors (Lipinski definition) is 3. The molecule has 0 aliphatic carbocycles. The summed E-state index contributed by atoms with van der Waals surface area (Å²) in [5.41, 5.74) is 1.73. The second kappa shape index (κ2) is 6.30. The molecular weight excluding hydrogens is 324 g/mol. The molecule has 2 rings (SSSR count). The number of carbonyl (C=O) groups is 1. The zero-order chi connectivity index (χ0) is 13.8. The number of benzene rings is 1. The number of rotatable bonds is 4. The van der Waals surface area contributed by atoms with Crippen LogP contribution in [0.2, 0.25) is 0 Å². The predicted octanol–water partition coefficient (Wildman–Crippen LogP) is 3.71. The van der Waals surface area contributed by atoms with Crippen LogP contribution in [-0.4, -0.2) is 10.9 Å². The maximum Gasteiger partial charge on any atom is 0.252 e. The molecule has 0 saturated carbocycles. The highest BCUT2D eigenvalue weighted by atomic mass is 79.9. The van der Waals surface area contributed by atoms with Crippen molar-refractivity contribution >= 4 is 33.2 Å². The molecular formula is C14H15BrN2OS. The van der Waals surface area contributed by atoms with Crippen molar-refractivity contribution in [2.75, 3.05) is 0 Å². The van der Waals surface area contributed by atoms with E-state index in [-0.39, 0.29) is 5.91 Å². The van der Waals surface area contributed by atoms with Crippen LogP contribution in [0.25, 0.3) is 0 Å². The standard InChI is InChI=1S/C14H15BrN2OS/c1-3-10-7-16-13(19-10)8-17-14(18)11-6-9(2)4-5-12(11)15/h4-7H,3,8H2,1-2H3,(H,17,18). The van der Waals surface area contributed by atoms with Crippen molar-refractivity contribution in [2.24, 2.45) is 0 Å². The number of nitrogens with zero attached hydrogens (tertiary/aromatic N) is 1. The monoisotopic (exact) mass is 338 g/mol. The van der Waals surface area contributed by atoms with Gasteiger partial charge in [-0.3, -0.25) is 4.79 Å². The van der Waals surface area contributed by atoms with Crippen molar-refractivity contribution in [3.8, 4) is 0 Å². The molecule has 1 N–H and O–H groups in total. The Labute approximate surface area is 125 Å². The molecule has 5 heteroatoms. The van der Waals surface area contributed by atoms with Crippen molar-refractivity contribution in [3.05, 3.63) is 49.9 Å². The smallest absolute Gasteiger partial charge is 0.252 e. The molecule has 0 saturated heterocycles. The lowest BCUT2D eigenvalue weighted by molar-refractivity contribution is 0.0950. The number of aromatic nitrogens is 1. The van der Waals surface area contributed by atoms with Crippen molar-refractivity contribution in [3.63, 3.8) is 0 Å². The van der Waals surface area contributed by atoms with Gasteiger partial charge in [0.15, 0.2) is 0 Å². The molecule has 0 fully saturated rings. The van der Waals surface area contributed by atoms with Gasteiger partial charge in [-0.2, -0.15) is 0 Å². The minimum Gasteiger partial charge on any atom is -0.345 e. The summed E-state index contributed by atoms with van der Waals surface area (Å²) in [5.74, 6) is -0.0798. The number of hydrogen-bond donors (Lipinski definition) is 1. The van der Waals surface area contributed by atoms with Crippen LogP contribution in [-0.2, 0) is 13.0 Å². The zero-order valence-corrected chi connectivity index (χ0v) is 13.3. The Morgan fingerprint density at radius 3 is 2.95 bits per heavy atom. The van der Waals surface area contributed by atoms with Gasteiger partial charge in [0.2, 0.25) is 0 Å². The largest absolute Gasteiger partial charge is 0.345 e. The van der Waals surface area contributed by atoms with E-state index in [0.29, 0.717) is 12.1 Å². The van der Waals surface area contributed by atoms with Gasteiger partial charge in [0, 0.05) is 15.5 Å². The van der Waals surface area contributed by atoms with Crippen molar-refractivity contribution < 1.29 is 4.79 Å². The lowest BCUT2D eigenvalue weighted by Gasteiger charge is -2.06. The topological polar surface area (TPSA) is 42.0 Å². The maximum atomic E-state index is 12.1. The molecule has 1 aromatic heterocycles. The lowest BCUT2D eigenvalue weighted by Crippen LogP contribution is -2.23. The molecule has 100 valence electrons. The van der Waals surface area contributed by atoms with E-state index in [1.807, 2.05) is 31.3 Å². The van der Waals surface area contributed by atoms with Crippen LogP contribution in [0.15, 0.2) is 28.9 Å². The van der Waals surface area contributed by atoms with Gasteiger partial charge in [-0.05, 0) is 41.4 Å². The first kappa shape index (κ1) is 14.2. The normalized spacial score (nSPS) is 10.5. The molecule has 0 aliphatic heterocycles. The number of carbonyl (C=O) groups excluding carboxylic acids is 1. The Bertz CT molecular complexity index is 595. The van der Waals surface area contributed by atoms with E-state index in [1.54, 1.807) is 11.3 Å². The van der Waals surface area contributed by atoms with Crippen LogP contribution >= 0.6 is 27.3 Å². The molecule has 0 aliphatic rings. The minimum absolute atomic E-state index is 0.0798. The number of halogens is 1. The van der Waals surface area contributed by atoms with Gasteiger partial charge < -0.3 is 5.32 Å². The molecule has 0 unspecified atom stereocenters. The molecule has 1 heterocycles. The highest BCUT2D eigenvalue weighted by Gasteiger charge is 2.10. The third-order valence-corrected chi connectivity index (χ3v) is 4.55. The van der Waals surface area contributed by atoms with Gasteiger partial charge in [0.05, 0.1) is 12.1 Å². The van der Waals surface area contributed by atoms with E-state index in [4.69, 9.17) is 0 Å². The maximum absolute atomic E-state index is 12.1. The molecule has 1 amide bonds. The highest BCUT2D eigenvalue weighted by molar-refractivity contribution is 9.10. The van der Waals surface area contributed by atoms with Gasteiger partial charge in [-0.15, -0.1) is 11.3 Å². The van der Waals surface area contributed by atoms with E-state index in [0.717, 1.165) is 21.5 Å². The van der Waals surface area contributed by atoms with Gasteiger partial charge in [-0.1, -0.05) is 18.6 Å². The van der Waals surface area contributed by atoms with E-state index in [1.165, 1.54) is 4.88 Å². The van der Waals surface area contributed by atoms with Crippen molar-refractivity contribution in [2.45, 2.75) is 26.8 Å².